The maximum absolute atomic E-state index is 11.3. The Morgan fingerprint density at radius 3 is 2.91 bits per heavy atom. The zero-order valence-corrected chi connectivity index (χ0v) is 7.09. The van der Waals surface area contributed by atoms with Gasteiger partial charge in [-0.05, 0) is 26.2 Å². The summed E-state index contributed by atoms with van der Waals surface area (Å²) in [7, 11) is 0. The maximum Gasteiger partial charge on any atom is 0.138 e. The highest BCUT2D eigenvalue weighted by Gasteiger charge is 2.49. The molecule has 1 saturated carbocycles. The summed E-state index contributed by atoms with van der Waals surface area (Å²) in [4.78, 5) is 11.3. The van der Waals surface area contributed by atoms with Crippen molar-refractivity contribution in [2.75, 3.05) is 6.61 Å². The number of carbonyl (C=O) groups excluding carboxylic acids is 1. The van der Waals surface area contributed by atoms with E-state index >= 15 is 0 Å². The molecule has 0 aromatic carbocycles. The first-order valence-electron chi connectivity index (χ1n) is 4.28. The number of carbonyl (C=O) groups is 1. The fourth-order valence-corrected chi connectivity index (χ4v) is 2.36. The van der Waals surface area contributed by atoms with Gasteiger partial charge < -0.3 is 4.74 Å². The molecule has 2 aliphatic rings. The Hall–Kier alpha value is -0.370. The van der Waals surface area contributed by atoms with Crippen molar-refractivity contribution in [1.29, 1.82) is 0 Å². The van der Waals surface area contributed by atoms with E-state index in [2.05, 4.69) is 13.8 Å². The van der Waals surface area contributed by atoms with Gasteiger partial charge in [-0.15, -0.1) is 0 Å². The van der Waals surface area contributed by atoms with Gasteiger partial charge in [-0.2, -0.15) is 0 Å². The van der Waals surface area contributed by atoms with E-state index in [9.17, 15) is 4.79 Å². The minimum Gasteiger partial charge on any atom is -0.375 e. The topological polar surface area (TPSA) is 26.3 Å². The van der Waals surface area contributed by atoms with Crippen molar-refractivity contribution in [2.45, 2.75) is 32.3 Å². The van der Waals surface area contributed by atoms with Crippen LogP contribution in [0.1, 0.15) is 26.7 Å². The van der Waals surface area contributed by atoms with E-state index in [0.717, 1.165) is 12.8 Å². The SMILES string of the molecule is CC1(C)OC[C@@H]2C(=O)CC[C@@H]21. The Morgan fingerprint density at radius 1 is 1.55 bits per heavy atom. The van der Waals surface area contributed by atoms with E-state index in [1.165, 1.54) is 0 Å². The molecule has 0 radical (unpaired) electrons. The predicted molar refractivity (Wildman–Crippen MR) is 41.3 cm³/mol. The van der Waals surface area contributed by atoms with Crippen LogP contribution < -0.4 is 0 Å². The minimum atomic E-state index is -0.0448. The summed E-state index contributed by atoms with van der Waals surface area (Å²) in [6.07, 6.45) is 1.82. The number of hydrogen-bond donors (Lipinski definition) is 0. The van der Waals surface area contributed by atoms with Crippen LogP contribution in [0.25, 0.3) is 0 Å². The molecule has 0 aromatic heterocycles. The molecule has 0 N–H and O–H groups in total. The average Bonchev–Trinajstić information content (AvgIpc) is 2.39. The molecule has 1 heterocycles. The third kappa shape index (κ3) is 0.924. The number of fused-ring (bicyclic) bond motifs is 1. The molecular weight excluding hydrogens is 140 g/mol. The molecule has 2 heteroatoms. The van der Waals surface area contributed by atoms with Crippen LogP contribution in [-0.2, 0) is 9.53 Å². The zero-order chi connectivity index (χ0) is 8.06. The lowest BCUT2D eigenvalue weighted by Crippen LogP contribution is -2.27. The van der Waals surface area contributed by atoms with Crippen LogP contribution in [-0.4, -0.2) is 18.0 Å². The summed E-state index contributed by atoms with van der Waals surface area (Å²) >= 11 is 0. The molecule has 2 fully saturated rings. The van der Waals surface area contributed by atoms with Crippen molar-refractivity contribution in [3.8, 4) is 0 Å². The van der Waals surface area contributed by atoms with Crippen LogP contribution in [0.5, 0.6) is 0 Å². The Kier molecular flexibility index (Phi) is 1.37. The van der Waals surface area contributed by atoms with Crippen LogP contribution in [0.3, 0.4) is 0 Å². The summed E-state index contributed by atoms with van der Waals surface area (Å²) in [5, 5.41) is 0. The fourth-order valence-electron chi connectivity index (χ4n) is 2.36. The molecule has 0 bridgehead atoms. The largest absolute Gasteiger partial charge is 0.375 e. The zero-order valence-electron chi connectivity index (χ0n) is 7.09. The number of hydrogen-bond acceptors (Lipinski definition) is 2. The lowest BCUT2D eigenvalue weighted by atomic mass is 9.86. The fraction of sp³-hybridized carbons (Fsp3) is 0.889. The van der Waals surface area contributed by atoms with Gasteiger partial charge >= 0.3 is 0 Å². The molecule has 0 unspecified atom stereocenters. The molecule has 0 aromatic rings. The van der Waals surface area contributed by atoms with E-state index in [-0.39, 0.29) is 11.5 Å². The van der Waals surface area contributed by atoms with Gasteiger partial charge in [0.15, 0.2) is 0 Å². The predicted octanol–water partition coefficient (Wildman–Crippen LogP) is 1.39. The molecule has 1 saturated heterocycles. The highest BCUT2D eigenvalue weighted by molar-refractivity contribution is 5.84. The van der Waals surface area contributed by atoms with Crippen LogP contribution in [0.2, 0.25) is 0 Å². The van der Waals surface area contributed by atoms with Gasteiger partial charge in [0.25, 0.3) is 0 Å². The highest BCUT2D eigenvalue weighted by Crippen LogP contribution is 2.44. The lowest BCUT2D eigenvalue weighted by molar-refractivity contribution is -0.121. The van der Waals surface area contributed by atoms with Crippen LogP contribution in [0, 0.1) is 11.8 Å². The molecular formula is C9H14O2. The summed E-state index contributed by atoms with van der Waals surface area (Å²) < 4.78 is 5.56. The smallest absolute Gasteiger partial charge is 0.138 e. The molecule has 1 aliphatic carbocycles. The highest BCUT2D eigenvalue weighted by atomic mass is 16.5. The molecule has 0 spiro atoms. The quantitative estimate of drug-likeness (QED) is 0.527. The lowest BCUT2D eigenvalue weighted by Gasteiger charge is -2.23. The molecule has 2 atom stereocenters. The van der Waals surface area contributed by atoms with Crippen molar-refractivity contribution >= 4 is 5.78 Å². The van der Waals surface area contributed by atoms with Crippen LogP contribution in [0.15, 0.2) is 0 Å². The van der Waals surface area contributed by atoms with Crippen molar-refractivity contribution in [3.05, 3.63) is 0 Å². The van der Waals surface area contributed by atoms with Crippen molar-refractivity contribution in [3.63, 3.8) is 0 Å². The van der Waals surface area contributed by atoms with Crippen LogP contribution >= 0.6 is 0 Å². The van der Waals surface area contributed by atoms with Crippen molar-refractivity contribution < 1.29 is 9.53 Å². The summed E-state index contributed by atoms with van der Waals surface area (Å²) in [6.45, 7) is 4.85. The van der Waals surface area contributed by atoms with E-state index in [4.69, 9.17) is 4.74 Å². The first-order chi connectivity index (χ1) is 5.11. The monoisotopic (exact) mass is 154 g/mol. The molecule has 1 aliphatic heterocycles. The molecule has 0 amide bonds. The summed E-state index contributed by atoms with van der Waals surface area (Å²) in [5.41, 5.74) is -0.0448. The number of rotatable bonds is 0. The van der Waals surface area contributed by atoms with E-state index in [0.29, 0.717) is 18.3 Å². The average molecular weight is 154 g/mol. The van der Waals surface area contributed by atoms with E-state index in [1.807, 2.05) is 0 Å². The number of ketones is 1. The van der Waals surface area contributed by atoms with Gasteiger partial charge in [0.2, 0.25) is 0 Å². The summed E-state index contributed by atoms with van der Waals surface area (Å²) in [6, 6.07) is 0. The molecule has 2 rings (SSSR count). The van der Waals surface area contributed by atoms with Gasteiger partial charge in [-0.25, -0.2) is 0 Å². The molecule has 11 heavy (non-hydrogen) atoms. The number of ether oxygens (including phenoxy) is 1. The Morgan fingerprint density at radius 2 is 2.27 bits per heavy atom. The third-order valence-corrected chi connectivity index (χ3v) is 3.13. The maximum atomic E-state index is 11.3. The van der Waals surface area contributed by atoms with Crippen LogP contribution in [0.4, 0.5) is 0 Å². The van der Waals surface area contributed by atoms with Gasteiger partial charge in [-0.1, -0.05) is 0 Å². The minimum absolute atomic E-state index is 0.0448. The van der Waals surface area contributed by atoms with E-state index < -0.39 is 0 Å². The summed E-state index contributed by atoms with van der Waals surface area (Å²) in [5.74, 6) is 1.14. The second kappa shape index (κ2) is 2.07. The Bertz CT molecular complexity index is 196. The second-order valence-electron chi connectivity index (χ2n) is 4.13. The van der Waals surface area contributed by atoms with Gasteiger partial charge in [0.05, 0.1) is 12.2 Å². The normalized spacial score (nSPS) is 41.1. The first-order valence-corrected chi connectivity index (χ1v) is 4.28. The van der Waals surface area contributed by atoms with Crippen molar-refractivity contribution in [2.24, 2.45) is 11.8 Å². The Labute approximate surface area is 66.9 Å². The molecule has 62 valence electrons. The van der Waals surface area contributed by atoms with Crippen molar-refractivity contribution in [1.82, 2.24) is 0 Å². The third-order valence-electron chi connectivity index (χ3n) is 3.13. The van der Waals surface area contributed by atoms with Gasteiger partial charge in [-0.3, -0.25) is 4.79 Å². The molecule has 2 nitrogen and oxygen atoms in total. The van der Waals surface area contributed by atoms with E-state index in [1.54, 1.807) is 0 Å². The standard InChI is InChI=1S/C9H14O2/c1-9(2)7-3-4-8(10)6(7)5-11-9/h6-7H,3-5H2,1-2H3/t6-,7-/m0/s1. The second-order valence-corrected chi connectivity index (χ2v) is 4.13. The van der Waals surface area contributed by atoms with Gasteiger partial charge in [0.1, 0.15) is 5.78 Å². The first kappa shape index (κ1) is 7.29. The Balaban J connectivity index is 2.23. The number of Topliss-reactive ketones (excluding diaryl/α,β-unsaturated/α-hetero) is 1. The van der Waals surface area contributed by atoms with Gasteiger partial charge in [0, 0.05) is 12.3 Å².